The number of nitrogens with one attached hydrogen (secondary N) is 1. The normalized spacial score (nSPS) is 11.0. The lowest BCUT2D eigenvalue weighted by atomic mass is 10.1. The van der Waals surface area contributed by atoms with Gasteiger partial charge in [-0.05, 0) is 93.9 Å². The van der Waals surface area contributed by atoms with Crippen molar-refractivity contribution in [3.8, 4) is 5.69 Å². The van der Waals surface area contributed by atoms with E-state index < -0.39 is 0 Å². The van der Waals surface area contributed by atoms with E-state index in [2.05, 4.69) is 10.3 Å². The van der Waals surface area contributed by atoms with Crippen molar-refractivity contribution < 1.29 is 14.0 Å². The van der Waals surface area contributed by atoms with Crippen molar-refractivity contribution in [2.75, 3.05) is 18.4 Å². The highest BCUT2D eigenvalue weighted by Crippen LogP contribution is 2.24. The summed E-state index contributed by atoms with van der Waals surface area (Å²) in [5.41, 5.74) is 4.78. The molecular formula is C27H27FN4O2. The van der Waals surface area contributed by atoms with Gasteiger partial charge in [0, 0.05) is 35.6 Å². The summed E-state index contributed by atoms with van der Waals surface area (Å²) in [5.74, 6) is 0.137. The Morgan fingerprint density at radius 2 is 1.68 bits per heavy atom. The molecule has 0 unspecified atom stereocenters. The number of rotatable bonds is 6. The molecule has 0 atom stereocenters. The van der Waals surface area contributed by atoms with E-state index in [-0.39, 0.29) is 17.6 Å². The van der Waals surface area contributed by atoms with Gasteiger partial charge in [0.15, 0.2) is 0 Å². The van der Waals surface area contributed by atoms with Crippen molar-refractivity contribution in [3.63, 3.8) is 0 Å². The first-order chi connectivity index (χ1) is 16.3. The van der Waals surface area contributed by atoms with Gasteiger partial charge in [0.25, 0.3) is 11.8 Å². The van der Waals surface area contributed by atoms with Gasteiger partial charge in [0.05, 0.1) is 11.0 Å². The number of carbonyl (C=O) groups excluding carboxylic acids is 2. The largest absolute Gasteiger partial charge is 0.339 e. The predicted octanol–water partition coefficient (Wildman–Crippen LogP) is 5.52. The molecule has 6 nitrogen and oxygen atoms in total. The van der Waals surface area contributed by atoms with Crippen molar-refractivity contribution in [1.29, 1.82) is 0 Å². The molecule has 7 heteroatoms. The lowest BCUT2D eigenvalue weighted by Crippen LogP contribution is -2.31. The number of hydrogen-bond acceptors (Lipinski definition) is 3. The van der Waals surface area contributed by atoms with Crippen LogP contribution in [0.2, 0.25) is 0 Å². The summed E-state index contributed by atoms with van der Waals surface area (Å²) in [6.07, 6.45) is 0. The number of aromatic nitrogens is 2. The van der Waals surface area contributed by atoms with Gasteiger partial charge >= 0.3 is 0 Å². The Bertz CT molecular complexity index is 1370. The molecule has 4 aromatic rings. The van der Waals surface area contributed by atoms with Gasteiger partial charge in [0.1, 0.15) is 11.6 Å². The minimum atomic E-state index is -0.314. The molecular weight excluding hydrogens is 431 g/mol. The molecule has 2 amide bonds. The van der Waals surface area contributed by atoms with Gasteiger partial charge in [-0.1, -0.05) is 0 Å². The van der Waals surface area contributed by atoms with E-state index in [1.54, 1.807) is 53.4 Å². The number of nitrogens with zero attached hydrogens (tertiary/aromatic N) is 3. The lowest BCUT2D eigenvalue weighted by Gasteiger charge is -2.20. The number of hydrogen-bond donors (Lipinski definition) is 1. The van der Waals surface area contributed by atoms with Gasteiger partial charge in [-0.15, -0.1) is 0 Å². The third kappa shape index (κ3) is 4.41. The molecule has 1 N–H and O–H groups in total. The first kappa shape index (κ1) is 23.2. The summed E-state index contributed by atoms with van der Waals surface area (Å²) in [5, 5.41) is 2.92. The second-order valence-electron chi connectivity index (χ2n) is 8.14. The van der Waals surface area contributed by atoms with Crippen molar-refractivity contribution in [2.45, 2.75) is 27.7 Å². The molecule has 0 aliphatic rings. The number of benzene rings is 3. The van der Waals surface area contributed by atoms with Crippen LogP contribution < -0.4 is 5.32 Å². The molecule has 1 heterocycles. The number of fused-ring (bicyclic) bond motifs is 1. The second-order valence-corrected chi connectivity index (χ2v) is 8.14. The van der Waals surface area contributed by atoms with E-state index in [1.165, 1.54) is 12.1 Å². The van der Waals surface area contributed by atoms with Gasteiger partial charge in [-0.3, -0.25) is 14.2 Å². The minimum Gasteiger partial charge on any atom is -0.339 e. The molecule has 0 bridgehead atoms. The number of amides is 2. The van der Waals surface area contributed by atoms with Crippen molar-refractivity contribution in [3.05, 3.63) is 89.0 Å². The van der Waals surface area contributed by atoms with E-state index in [1.807, 2.05) is 32.3 Å². The van der Waals surface area contributed by atoms with Crippen LogP contribution in [-0.2, 0) is 0 Å². The number of imidazole rings is 1. The molecule has 0 saturated carbocycles. The summed E-state index contributed by atoms with van der Waals surface area (Å²) in [7, 11) is 0. The molecule has 0 spiro atoms. The van der Waals surface area contributed by atoms with E-state index in [0.717, 1.165) is 28.1 Å². The first-order valence-corrected chi connectivity index (χ1v) is 11.3. The van der Waals surface area contributed by atoms with Crippen molar-refractivity contribution in [1.82, 2.24) is 14.5 Å². The number of anilines is 1. The van der Waals surface area contributed by atoms with Crippen LogP contribution in [0.5, 0.6) is 0 Å². The number of carbonyl (C=O) groups is 2. The minimum absolute atomic E-state index is 0.0183. The third-order valence-corrected chi connectivity index (χ3v) is 5.93. The Kier molecular flexibility index (Phi) is 6.45. The standard InChI is InChI=1S/C27H27FN4O2/c1-5-31(6-2)27(34)23-13-10-21(15-17(23)3)30-26(33)19-7-14-24-25(16-19)32(18(4)29-24)22-11-8-20(28)9-12-22/h7-16H,5-6H2,1-4H3,(H,30,33). The van der Waals surface area contributed by atoms with Crippen molar-refractivity contribution in [2.24, 2.45) is 0 Å². The SMILES string of the molecule is CCN(CC)C(=O)c1ccc(NC(=O)c2ccc3nc(C)n(-c4ccc(F)cc4)c3c2)cc1C. The molecule has 0 aliphatic carbocycles. The summed E-state index contributed by atoms with van der Waals surface area (Å²) >= 11 is 0. The van der Waals surface area contributed by atoms with Crippen LogP contribution in [0.4, 0.5) is 10.1 Å². The van der Waals surface area contributed by atoms with E-state index in [0.29, 0.717) is 29.9 Å². The molecule has 0 radical (unpaired) electrons. The molecule has 3 aromatic carbocycles. The number of aryl methyl sites for hydroxylation is 2. The Balaban J connectivity index is 1.61. The second kappa shape index (κ2) is 9.47. The summed E-state index contributed by atoms with van der Waals surface area (Å²) in [4.78, 5) is 32.0. The van der Waals surface area contributed by atoms with Crippen LogP contribution >= 0.6 is 0 Å². The Labute approximate surface area is 198 Å². The topological polar surface area (TPSA) is 67.2 Å². The molecule has 174 valence electrons. The average Bonchev–Trinajstić information content (AvgIpc) is 3.15. The molecule has 1 aromatic heterocycles. The molecule has 34 heavy (non-hydrogen) atoms. The van der Waals surface area contributed by atoms with Crippen LogP contribution in [0.25, 0.3) is 16.7 Å². The van der Waals surface area contributed by atoms with Crippen LogP contribution in [0.1, 0.15) is 46.0 Å². The zero-order chi connectivity index (χ0) is 24.4. The monoisotopic (exact) mass is 458 g/mol. The van der Waals surface area contributed by atoms with Crippen LogP contribution in [0.3, 0.4) is 0 Å². The third-order valence-electron chi connectivity index (χ3n) is 5.93. The van der Waals surface area contributed by atoms with Crippen LogP contribution in [0, 0.1) is 19.7 Å². The fourth-order valence-corrected chi connectivity index (χ4v) is 4.12. The van der Waals surface area contributed by atoms with Gasteiger partial charge in [-0.25, -0.2) is 9.37 Å². The van der Waals surface area contributed by atoms with Gasteiger partial charge in [0.2, 0.25) is 0 Å². The summed E-state index contributed by atoms with van der Waals surface area (Å²) < 4.78 is 15.3. The average molecular weight is 459 g/mol. The zero-order valence-electron chi connectivity index (χ0n) is 19.7. The lowest BCUT2D eigenvalue weighted by molar-refractivity contribution is 0.0772. The highest BCUT2D eigenvalue weighted by atomic mass is 19.1. The predicted molar refractivity (Wildman–Crippen MR) is 132 cm³/mol. The highest BCUT2D eigenvalue weighted by Gasteiger charge is 2.17. The zero-order valence-corrected chi connectivity index (χ0v) is 19.7. The maximum atomic E-state index is 13.4. The summed E-state index contributed by atoms with van der Waals surface area (Å²) in [6.45, 7) is 8.92. The van der Waals surface area contributed by atoms with E-state index in [9.17, 15) is 14.0 Å². The van der Waals surface area contributed by atoms with Crippen LogP contribution in [0.15, 0.2) is 60.7 Å². The smallest absolute Gasteiger partial charge is 0.255 e. The number of halogens is 1. The maximum absolute atomic E-state index is 13.4. The van der Waals surface area contributed by atoms with Crippen molar-refractivity contribution >= 4 is 28.5 Å². The van der Waals surface area contributed by atoms with Crippen LogP contribution in [-0.4, -0.2) is 39.4 Å². The van der Waals surface area contributed by atoms with Gasteiger partial charge < -0.3 is 10.2 Å². The Hall–Kier alpha value is -4.00. The van der Waals surface area contributed by atoms with E-state index >= 15 is 0 Å². The molecule has 0 aliphatic heterocycles. The Morgan fingerprint density at radius 1 is 0.971 bits per heavy atom. The van der Waals surface area contributed by atoms with Gasteiger partial charge in [-0.2, -0.15) is 0 Å². The highest BCUT2D eigenvalue weighted by molar-refractivity contribution is 6.06. The maximum Gasteiger partial charge on any atom is 0.255 e. The molecule has 4 rings (SSSR count). The first-order valence-electron chi connectivity index (χ1n) is 11.3. The summed E-state index contributed by atoms with van der Waals surface area (Å²) in [6, 6.07) is 16.8. The Morgan fingerprint density at radius 3 is 2.32 bits per heavy atom. The quantitative estimate of drug-likeness (QED) is 0.414. The van der Waals surface area contributed by atoms with E-state index in [4.69, 9.17) is 0 Å². The molecule has 0 saturated heterocycles. The fourth-order valence-electron chi connectivity index (χ4n) is 4.12. The fraction of sp³-hybridized carbons (Fsp3) is 0.222. The molecule has 0 fully saturated rings.